The molecule has 2 amide bonds. The molecule has 0 atom stereocenters. The molecule has 178 valence electrons. The number of nitrogens with zero attached hydrogens (tertiary/aromatic N) is 2. The number of rotatable bonds is 6. The molecular weight excluding hydrogens is 435 g/mol. The van der Waals surface area contributed by atoms with E-state index >= 15 is 0 Å². The first-order chi connectivity index (χ1) is 16.3. The van der Waals surface area contributed by atoms with Crippen LogP contribution in [0.1, 0.15) is 56.7 Å². The first kappa shape index (κ1) is 23.5. The van der Waals surface area contributed by atoms with Crippen LogP contribution < -0.4 is 10.6 Å². The van der Waals surface area contributed by atoms with E-state index in [-0.39, 0.29) is 41.9 Å². The number of carbonyl (C=O) groups excluding carboxylic acids is 2. The third-order valence-electron chi connectivity index (χ3n) is 6.12. The van der Waals surface area contributed by atoms with Gasteiger partial charge in [0.2, 0.25) is 5.91 Å². The van der Waals surface area contributed by atoms with Crippen LogP contribution in [-0.4, -0.2) is 26.8 Å². The fraction of sp³-hybridized carbons (Fsp3) is 0.346. The second-order valence-corrected chi connectivity index (χ2v) is 9.01. The van der Waals surface area contributed by atoms with Crippen molar-refractivity contribution in [2.24, 2.45) is 5.92 Å². The summed E-state index contributed by atoms with van der Waals surface area (Å²) in [6.07, 6.45) is 4.11. The number of hydrogen-bond donors (Lipinski definition) is 3. The molecule has 2 aromatic carbocycles. The number of phenols is 1. The molecule has 7 nitrogen and oxygen atoms in total. The summed E-state index contributed by atoms with van der Waals surface area (Å²) in [7, 11) is 0. The normalized spacial score (nSPS) is 13.9. The fourth-order valence-electron chi connectivity index (χ4n) is 4.16. The zero-order valence-corrected chi connectivity index (χ0v) is 19.3. The van der Waals surface area contributed by atoms with Gasteiger partial charge in [-0.25, -0.2) is 9.18 Å². The molecule has 1 fully saturated rings. The van der Waals surface area contributed by atoms with Crippen LogP contribution >= 0.6 is 0 Å². The molecule has 8 heteroatoms. The number of amides is 2. The van der Waals surface area contributed by atoms with E-state index in [0.717, 1.165) is 36.9 Å². The van der Waals surface area contributed by atoms with E-state index in [0.29, 0.717) is 16.9 Å². The van der Waals surface area contributed by atoms with Gasteiger partial charge in [0.25, 0.3) is 0 Å². The van der Waals surface area contributed by atoms with Crippen LogP contribution in [0.15, 0.2) is 48.5 Å². The number of nitrogens with one attached hydrogen (secondary N) is 2. The van der Waals surface area contributed by atoms with Crippen molar-refractivity contribution < 1.29 is 19.1 Å². The van der Waals surface area contributed by atoms with E-state index in [9.17, 15) is 19.1 Å². The van der Waals surface area contributed by atoms with Crippen molar-refractivity contribution in [3.8, 4) is 17.0 Å². The summed E-state index contributed by atoms with van der Waals surface area (Å²) < 4.78 is 14.5. The smallest absolute Gasteiger partial charge is 0.342 e. The first-order valence-electron chi connectivity index (χ1n) is 11.6. The fourth-order valence-corrected chi connectivity index (χ4v) is 4.16. The maximum absolute atomic E-state index is 13.2. The first-order valence-corrected chi connectivity index (χ1v) is 11.6. The molecule has 0 bridgehead atoms. The lowest BCUT2D eigenvalue weighted by Crippen LogP contribution is -2.30. The average molecular weight is 465 g/mol. The van der Waals surface area contributed by atoms with Crippen molar-refractivity contribution in [2.75, 3.05) is 5.32 Å². The largest absolute Gasteiger partial charge is 0.507 e. The van der Waals surface area contributed by atoms with Crippen LogP contribution in [0, 0.1) is 11.7 Å². The highest BCUT2D eigenvalue weighted by molar-refractivity contribution is 5.93. The van der Waals surface area contributed by atoms with Crippen molar-refractivity contribution >= 4 is 17.6 Å². The quantitative estimate of drug-likeness (QED) is 0.425. The SMILES string of the molecule is CC(C)C(=O)Nc1ccc(O)c(-c2cc(C3CCCC3)n(C(=O)NCc3ccc(F)cc3)n2)c1. The molecule has 4 rings (SSSR count). The maximum Gasteiger partial charge on any atom is 0.342 e. The Morgan fingerprint density at radius 3 is 2.50 bits per heavy atom. The molecule has 34 heavy (non-hydrogen) atoms. The molecule has 0 saturated heterocycles. The van der Waals surface area contributed by atoms with Crippen molar-refractivity contribution in [3.05, 3.63) is 65.6 Å². The summed E-state index contributed by atoms with van der Waals surface area (Å²) in [6.45, 7) is 3.84. The number of aromatic nitrogens is 2. The maximum atomic E-state index is 13.2. The molecule has 1 heterocycles. The summed E-state index contributed by atoms with van der Waals surface area (Å²) in [5.74, 6) is -0.438. The summed E-state index contributed by atoms with van der Waals surface area (Å²) in [5.41, 5.74) is 3.00. The van der Waals surface area contributed by atoms with E-state index in [2.05, 4.69) is 15.7 Å². The monoisotopic (exact) mass is 464 g/mol. The molecule has 0 aliphatic heterocycles. The van der Waals surface area contributed by atoms with Crippen LogP contribution in [0.3, 0.4) is 0 Å². The van der Waals surface area contributed by atoms with Crippen LogP contribution in [0.4, 0.5) is 14.9 Å². The number of benzene rings is 2. The van der Waals surface area contributed by atoms with Crippen LogP contribution in [0.25, 0.3) is 11.3 Å². The van der Waals surface area contributed by atoms with Gasteiger partial charge in [0.15, 0.2) is 0 Å². The molecular formula is C26H29FN4O3. The van der Waals surface area contributed by atoms with Gasteiger partial charge in [-0.15, -0.1) is 0 Å². The molecule has 1 aromatic heterocycles. The van der Waals surface area contributed by atoms with Gasteiger partial charge >= 0.3 is 6.03 Å². The van der Waals surface area contributed by atoms with E-state index in [1.54, 1.807) is 38.1 Å². The van der Waals surface area contributed by atoms with E-state index < -0.39 is 0 Å². The Morgan fingerprint density at radius 1 is 1.12 bits per heavy atom. The lowest BCUT2D eigenvalue weighted by molar-refractivity contribution is -0.118. The van der Waals surface area contributed by atoms with Gasteiger partial charge < -0.3 is 15.7 Å². The Kier molecular flexibility index (Phi) is 6.95. The Balaban J connectivity index is 1.63. The molecule has 0 radical (unpaired) electrons. The lowest BCUT2D eigenvalue weighted by Gasteiger charge is -2.12. The third-order valence-corrected chi connectivity index (χ3v) is 6.12. The Labute approximate surface area is 198 Å². The standard InChI is InChI=1S/C26H29FN4O3/c1-16(2)25(33)29-20-11-12-24(32)21(13-20)22-14-23(18-5-3-4-6-18)31(30-22)26(34)28-15-17-7-9-19(27)10-8-17/h7-14,16,18,32H,3-6,15H2,1-2H3,(H,28,34)(H,29,33). The number of aromatic hydroxyl groups is 1. The summed E-state index contributed by atoms with van der Waals surface area (Å²) in [6, 6.07) is 12.2. The topological polar surface area (TPSA) is 96.2 Å². The molecule has 1 aliphatic carbocycles. The Bertz CT molecular complexity index is 1180. The number of halogens is 1. The van der Waals surface area contributed by atoms with Crippen molar-refractivity contribution in [1.29, 1.82) is 0 Å². The molecule has 3 aromatic rings. The lowest BCUT2D eigenvalue weighted by atomic mass is 10.0. The van der Waals surface area contributed by atoms with Gasteiger partial charge in [-0.2, -0.15) is 9.78 Å². The summed E-state index contributed by atoms with van der Waals surface area (Å²) >= 11 is 0. The highest BCUT2D eigenvalue weighted by Crippen LogP contribution is 2.38. The third kappa shape index (κ3) is 5.27. The molecule has 0 spiro atoms. The van der Waals surface area contributed by atoms with Crippen molar-refractivity contribution in [3.63, 3.8) is 0 Å². The second kappa shape index (κ2) is 10.1. The Morgan fingerprint density at radius 2 is 1.82 bits per heavy atom. The number of anilines is 1. The minimum absolute atomic E-state index is 0.0110. The number of hydrogen-bond acceptors (Lipinski definition) is 4. The Hall–Kier alpha value is -3.68. The van der Waals surface area contributed by atoms with Crippen molar-refractivity contribution in [2.45, 2.75) is 52.0 Å². The highest BCUT2D eigenvalue weighted by Gasteiger charge is 2.26. The van der Waals surface area contributed by atoms with Crippen LogP contribution in [-0.2, 0) is 11.3 Å². The number of carbonyl (C=O) groups is 2. The zero-order valence-electron chi connectivity index (χ0n) is 19.3. The van der Waals surface area contributed by atoms with Crippen LogP contribution in [0.2, 0.25) is 0 Å². The van der Waals surface area contributed by atoms with Gasteiger partial charge in [-0.3, -0.25) is 4.79 Å². The van der Waals surface area contributed by atoms with E-state index in [1.807, 2.05) is 6.07 Å². The van der Waals surface area contributed by atoms with Gasteiger partial charge in [-0.1, -0.05) is 38.8 Å². The predicted molar refractivity (Wildman–Crippen MR) is 128 cm³/mol. The average Bonchev–Trinajstić information content (AvgIpc) is 3.50. The number of phenolic OH excluding ortho intramolecular Hbond substituents is 1. The minimum atomic E-state index is -0.388. The van der Waals surface area contributed by atoms with E-state index in [1.165, 1.54) is 22.9 Å². The zero-order chi connectivity index (χ0) is 24.2. The van der Waals surface area contributed by atoms with Gasteiger partial charge in [0, 0.05) is 29.6 Å². The van der Waals surface area contributed by atoms with Gasteiger partial charge in [-0.05, 0) is 54.8 Å². The van der Waals surface area contributed by atoms with Crippen molar-refractivity contribution in [1.82, 2.24) is 15.1 Å². The highest BCUT2D eigenvalue weighted by atomic mass is 19.1. The van der Waals surface area contributed by atoms with Gasteiger partial charge in [0.05, 0.1) is 11.4 Å². The molecule has 3 N–H and O–H groups in total. The predicted octanol–water partition coefficient (Wildman–Crippen LogP) is 5.40. The molecule has 1 aliphatic rings. The van der Waals surface area contributed by atoms with E-state index in [4.69, 9.17) is 0 Å². The minimum Gasteiger partial charge on any atom is -0.507 e. The van der Waals surface area contributed by atoms with Gasteiger partial charge in [0.1, 0.15) is 11.6 Å². The summed E-state index contributed by atoms with van der Waals surface area (Å²) in [4.78, 5) is 25.2. The molecule has 1 saturated carbocycles. The van der Waals surface area contributed by atoms with Crippen LogP contribution in [0.5, 0.6) is 5.75 Å². The second-order valence-electron chi connectivity index (χ2n) is 9.01. The summed E-state index contributed by atoms with van der Waals surface area (Å²) in [5, 5.41) is 20.7. The molecule has 0 unspecified atom stereocenters.